The summed E-state index contributed by atoms with van der Waals surface area (Å²) < 4.78 is 32.7. The average molecular weight is 787 g/mol. The number of hydrogen-bond donors (Lipinski definition) is 3. The quantitative estimate of drug-likeness (QED) is 0.0237. The smallest absolute Gasteiger partial charge is 0.462 e. The summed E-state index contributed by atoms with van der Waals surface area (Å²) in [5.74, 6) is -0.949. The molecule has 0 heterocycles. The van der Waals surface area contributed by atoms with Gasteiger partial charge in [-0.3, -0.25) is 18.6 Å². The number of esters is 2. The Morgan fingerprint density at radius 3 is 1.46 bits per heavy atom. The third kappa shape index (κ3) is 38.5. The zero-order valence-electron chi connectivity index (χ0n) is 34.2. The third-order valence-corrected chi connectivity index (χ3v) is 9.97. The van der Waals surface area contributed by atoms with E-state index in [1.54, 1.807) is 0 Å². The number of phosphoric ester groups is 1. The number of rotatable bonds is 40. The van der Waals surface area contributed by atoms with Gasteiger partial charge in [-0.2, -0.15) is 0 Å². The van der Waals surface area contributed by atoms with Crippen molar-refractivity contribution in [3.05, 3.63) is 36.5 Å². The van der Waals surface area contributed by atoms with Crippen LogP contribution in [0.4, 0.5) is 0 Å². The highest BCUT2D eigenvalue weighted by molar-refractivity contribution is 7.47. The second kappa shape index (κ2) is 39.4. The van der Waals surface area contributed by atoms with Gasteiger partial charge < -0.3 is 24.6 Å². The van der Waals surface area contributed by atoms with Gasteiger partial charge in [-0.1, -0.05) is 140 Å². The third-order valence-electron chi connectivity index (χ3n) is 9.02. The lowest BCUT2D eigenvalue weighted by molar-refractivity contribution is -0.161. The maximum Gasteiger partial charge on any atom is 0.472 e. The Labute approximate surface area is 329 Å². The van der Waals surface area contributed by atoms with Gasteiger partial charge in [0.2, 0.25) is 0 Å². The molecule has 3 atom stereocenters. The Kier molecular flexibility index (Phi) is 38.1. The summed E-state index contributed by atoms with van der Waals surface area (Å²) >= 11 is 0. The molecule has 10 nitrogen and oxygen atoms in total. The minimum absolute atomic E-state index is 0.167. The van der Waals surface area contributed by atoms with Crippen LogP contribution in [0.1, 0.15) is 187 Å². The van der Waals surface area contributed by atoms with Crippen molar-refractivity contribution in [1.82, 2.24) is 0 Å². The first kappa shape index (κ1) is 52.2. The highest BCUT2D eigenvalue weighted by Crippen LogP contribution is 2.43. The summed E-state index contributed by atoms with van der Waals surface area (Å²) in [6.45, 7) is 2.33. The summed E-state index contributed by atoms with van der Waals surface area (Å²) in [5.41, 5.74) is 0. The van der Waals surface area contributed by atoms with E-state index in [2.05, 4.69) is 54.8 Å². The first-order valence-electron chi connectivity index (χ1n) is 21.4. The second-order valence-electron chi connectivity index (χ2n) is 14.4. The Hall–Kier alpha value is -1.81. The summed E-state index contributed by atoms with van der Waals surface area (Å²) in [7, 11) is -4.62. The van der Waals surface area contributed by atoms with Gasteiger partial charge in [0.15, 0.2) is 6.10 Å². The van der Waals surface area contributed by atoms with E-state index in [1.165, 1.54) is 77.0 Å². The zero-order valence-corrected chi connectivity index (χ0v) is 35.1. The van der Waals surface area contributed by atoms with Crippen molar-refractivity contribution >= 4 is 19.8 Å². The fourth-order valence-corrected chi connectivity index (χ4v) is 6.45. The Bertz CT molecular complexity index is 999. The number of carbonyl (C=O) groups is 2. The zero-order chi connectivity index (χ0) is 39.8. The predicted octanol–water partition coefficient (Wildman–Crippen LogP) is 11.2. The van der Waals surface area contributed by atoms with Crippen LogP contribution in [0.15, 0.2) is 36.5 Å². The van der Waals surface area contributed by atoms with E-state index in [1.807, 2.05) is 0 Å². The number of aliphatic hydroxyl groups is 2. The Morgan fingerprint density at radius 1 is 0.556 bits per heavy atom. The largest absolute Gasteiger partial charge is 0.472 e. The summed E-state index contributed by atoms with van der Waals surface area (Å²) in [6.07, 6.45) is 39.6. The van der Waals surface area contributed by atoms with Crippen LogP contribution in [-0.2, 0) is 32.7 Å². The molecule has 0 aliphatic heterocycles. The Balaban J connectivity index is 4.34. The van der Waals surface area contributed by atoms with Crippen molar-refractivity contribution in [3.8, 4) is 0 Å². The van der Waals surface area contributed by atoms with Crippen LogP contribution in [0.2, 0.25) is 0 Å². The average Bonchev–Trinajstić information content (AvgIpc) is 3.16. The maximum absolute atomic E-state index is 12.6. The number of hydrogen-bond acceptors (Lipinski definition) is 9. The van der Waals surface area contributed by atoms with Crippen molar-refractivity contribution in [2.75, 3.05) is 26.4 Å². The van der Waals surface area contributed by atoms with Gasteiger partial charge in [0.1, 0.15) is 12.7 Å². The first-order chi connectivity index (χ1) is 26.2. The molecule has 0 radical (unpaired) electrons. The number of carbonyl (C=O) groups excluding carboxylic acids is 2. The van der Waals surface area contributed by atoms with Crippen molar-refractivity contribution in [1.29, 1.82) is 0 Å². The van der Waals surface area contributed by atoms with E-state index in [0.29, 0.717) is 12.8 Å². The number of phosphoric acid groups is 1. The molecule has 0 aromatic carbocycles. The van der Waals surface area contributed by atoms with Gasteiger partial charge in [-0.15, -0.1) is 0 Å². The van der Waals surface area contributed by atoms with E-state index < -0.39 is 51.8 Å². The molecule has 3 N–H and O–H groups in total. The fourth-order valence-electron chi connectivity index (χ4n) is 5.66. The molecule has 0 aliphatic carbocycles. The SMILES string of the molecule is CCCCCC/C=C\C/C=C\CCCCCCCC(=O)OC(COC(=O)CCCCCCC/C=C\CCCCCCCC)COP(=O)(O)OCC(O)CO. The first-order valence-corrected chi connectivity index (χ1v) is 22.9. The highest BCUT2D eigenvalue weighted by atomic mass is 31.2. The normalized spacial score (nSPS) is 14.2. The minimum atomic E-state index is -4.62. The van der Waals surface area contributed by atoms with Crippen LogP contribution < -0.4 is 0 Å². The topological polar surface area (TPSA) is 149 Å². The molecule has 11 heteroatoms. The van der Waals surface area contributed by atoms with E-state index >= 15 is 0 Å². The van der Waals surface area contributed by atoms with E-state index in [0.717, 1.165) is 70.6 Å². The summed E-state index contributed by atoms with van der Waals surface area (Å²) in [6, 6.07) is 0. The van der Waals surface area contributed by atoms with E-state index in [9.17, 15) is 24.2 Å². The molecule has 0 saturated heterocycles. The highest BCUT2D eigenvalue weighted by Gasteiger charge is 2.27. The fraction of sp³-hybridized carbons (Fsp3) is 0.814. The van der Waals surface area contributed by atoms with Crippen molar-refractivity contribution < 1.29 is 47.8 Å². The van der Waals surface area contributed by atoms with E-state index in [4.69, 9.17) is 19.1 Å². The molecule has 0 spiro atoms. The molecule has 0 bridgehead atoms. The molecule has 0 aromatic rings. The van der Waals surface area contributed by atoms with Crippen LogP contribution in [0, 0.1) is 0 Å². The lowest BCUT2D eigenvalue weighted by atomic mass is 10.1. The summed E-state index contributed by atoms with van der Waals surface area (Å²) in [4.78, 5) is 34.9. The van der Waals surface area contributed by atoms with Crippen LogP contribution in [-0.4, -0.2) is 65.7 Å². The van der Waals surface area contributed by atoms with Crippen LogP contribution in [0.25, 0.3) is 0 Å². The van der Waals surface area contributed by atoms with Gasteiger partial charge in [-0.05, 0) is 70.6 Å². The molecule has 54 heavy (non-hydrogen) atoms. The minimum Gasteiger partial charge on any atom is -0.462 e. The molecule has 316 valence electrons. The van der Waals surface area contributed by atoms with Crippen molar-refractivity contribution in [3.63, 3.8) is 0 Å². The maximum atomic E-state index is 12.6. The van der Waals surface area contributed by atoms with Gasteiger partial charge >= 0.3 is 19.8 Å². The molecule has 0 aliphatic rings. The molecule has 0 amide bonds. The Morgan fingerprint density at radius 2 is 0.963 bits per heavy atom. The molecular formula is C43H79O10P. The van der Waals surface area contributed by atoms with Crippen LogP contribution >= 0.6 is 7.82 Å². The van der Waals surface area contributed by atoms with Gasteiger partial charge in [0.25, 0.3) is 0 Å². The monoisotopic (exact) mass is 787 g/mol. The number of allylic oxidation sites excluding steroid dienone is 6. The second-order valence-corrected chi connectivity index (χ2v) is 15.8. The molecule has 0 rings (SSSR count). The van der Waals surface area contributed by atoms with Crippen LogP contribution in [0.3, 0.4) is 0 Å². The lowest BCUT2D eigenvalue weighted by Crippen LogP contribution is -2.29. The molecule has 3 unspecified atom stereocenters. The number of unbranched alkanes of at least 4 members (excludes halogenated alkanes) is 20. The van der Waals surface area contributed by atoms with Crippen LogP contribution in [0.5, 0.6) is 0 Å². The van der Waals surface area contributed by atoms with Gasteiger partial charge in [0, 0.05) is 12.8 Å². The molecule has 0 fully saturated rings. The van der Waals surface area contributed by atoms with Crippen molar-refractivity contribution in [2.24, 2.45) is 0 Å². The molecule has 0 aromatic heterocycles. The number of ether oxygens (including phenoxy) is 2. The number of aliphatic hydroxyl groups excluding tert-OH is 2. The molecule has 0 saturated carbocycles. The van der Waals surface area contributed by atoms with Gasteiger partial charge in [0.05, 0.1) is 19.8 Å². The predicted molar refractivity (Wildman–Crippen MR) is 219 cm³/mol. The summed E-state index contributed by atoms with van der Waals surface area (Å²) in [5, 5.41) is 18.3. The van der Waals surface area contributed by atoms with Crippen molar-refractivity contribution in [2.45, 2.75) is 199 Å². The molecular weight excluding hydrogens is 707 g/mol. The lowest BCUT2D eigenvalue weighted by Gasteiger charge is -2.20. The van der Waals surface area contributed by atoms with E-state index in [-0.39, 0.29) is 19.4 Å². The standard InChI is InChI=1S/C43H79O10P/c1-3-5-7-9-11-13-15-17-19-21-23-25-27-29-31-33-35-43(47)53-41(39-52-54(48,49)51-37-40(45)36-44)38-50-42(46)34-32-30-28-26-24-22-20-18-16-14-12-10-8-6-4-2/h13,15,18-21,40-41,44-45H,3-12,14,16-17,22-39H2,1-2H3,(H,48,49)/b15-13-,20-18-,21-19-. The van der Waals surface area contributed by atoms with Gasteiger partial charge in [-0.25, -0.2) is 4.57 Å².